The van der Waals surface area contributed by atoms with E-state index < -0.39 is 0 Å². The van der Waals surface area contributed by atoms with Gasteiger partial charge in [-0.15, -0.1) is 0 Å². The number of amides is 1. The molecule has 0 unspecified atom stereocenters. The van der Waals surface area contributed by atoms with Gasteiger partial charge in [0.1, 0.15) is 5.76 Å². The average molecular weight is 276 g/mol. The minimum atomic E-state index is 0.154. The van der Waals surface area contributed by atoms with Gasteiger partial charge < -0.3 is 9.32 Å². The number of hydrogen-bond donors (Lipinski definition) is 0. The molecule has 2 aliphatic heterocycles. The van der Waals surface area contributed by atoms with Crippen LogP contribution in [0.2, 0.25) is 0 Å². The Kier molecular flexibility index (Phi) is 3.83. The fourth-order valence-electron chi connectivity index (χ4n) is 3.89. The highest BCUT2D eigenvalue weighted by Gasteiger charge is 2.39. The third-order valence-corrected chi connectivity index (χ3v) is 4.91. The molecule has 0 bridgehead atoms. The van der Waals surface area contributed by atoms with Crippen molar-refractivity contribution < 1.29 is 9.21 Å². The number of carbonyl (C=O) groups excluding carboxylic acids is 1. The summed E-state index contributed by atoms with van der Waals surface area (Å²) in [5, 5.41) is 0. The Hall–Kier alpha value is -1.29. The molecule has 0 N–H and O–H groups in total. The fourth-order valence-corrected chi connectivity index (χ4v) is 3.89. The Balaban J connectivity index is 1.79. The Labute approximate surface area is 120 Å². The van der Waals surface area contributed by atoms with Crippen LogP contribution in [0.1, 0.15) is 48.7 Å². The monoisotopic (exact) mass is 276 g/mol. The molecule has 0 radical (unpaired) electrons. The third-order valence-electron chi connectivity index (χ3n) is 4.91. The fraction of sp³-hybridized carbons (Fsp3) is 0.688. The molecular formula is C16H24N2O2. The van der Waals surface area contributed by atoms with Gasteiger partial charge in [0.15, 0.2) is 0 Å². The highest BCUT2D eigenvalue weighted by molar-refractivity contribution is 5.95. The number of likely N-dealkylation sites (N-methyl/N-ethyl adjacent to an activating group) is 1. The first-order chi connectivity index (χ1) is 9.72. The maximum atomic E-state index is 12.7. The third kappa shape index (κ3) is 2.26. The summed E-state index contributed by atoms with van der Waals surface area (Å²) in [4.78, 5) is 17.4. The Morgan fingerprint density at radius 3 is 2.75 bits per heavy atom. The summed E-state index contributed by atoms with van der Waals surface area (Å²) < 4.78 is 5.29. The first-order valence-corrected chi connectivity index (χ1v) is 7.81. The van der Waals surface area contributed by atoms with Crippen LogP contribution in [-0.2, 0) is 0 Å². The van der Waals surface area contributed by atoms with Gasteiger partial charge in [-0.2, -0.15) is 0 Å². The summed E-state index contributed by atoms with van der Waals surface area (Å²) in [6.45, 7) is 7.26. The Bertz CT molecular complexity index is 483. The van der Waals surface area contributed by atoms with Crippen LogP contribution in [0.3, 0.4) is 0 Å². The lowest BCUT2D eigenvalue weighted by Gasteiger charge is -2.34. The van der Waals surface area contributed by atoms with Gasteiger partial charge in [0, 0.05) is 18.6 Å². The highest BCUT2D eigenvalue weighted by atomic mass is 16.3. The number of furan rings is 1. The van der Waals surface area contributed by atoms with Crippen molar-refractivity contribution in [2.45, 2.75) is 51.6 Å². The first kappa shape index (κ1) is 13.7. The van der Waals surface area contributed by atoms with Gasteiger partial charge in [-0.05, 0) is 51.8 Å². The second-order valence-corrected chi connectivity index (χ2v) is 5.94. The zero-order chi connectivity index (χ0) is 14.1. The number of hydrogen-bond acceptors (Lipinski definition) is 3. The van der Waals surface area contributed by atoms with Crippen LogP contribution < -0.4 is 0 Å². The number of likely N-dealkylation sites (tertiary alicyclic amines) is 2. The van der Waals surface area contributed by atoms with E-state index in [1.54, 1.807) is 12.3 Å². The van der Waals surface area contributed by atoms with E-state index in [-0.39, 0.29) is 5.91 Å². The molecule has 0 aromatic carbocycles. The Morgan fingerprint density at radius 2 is 2.05 bits per heavy atom. The van der Waals surface area contributed by atoms with Crippen molar-refractivity contribution in [1.29, 1.82) is 0 Å². The number of carbonyl (C=O) groups is 1. The van der Waals surface area contributed by atoms with Crippen LogP contribution in [-0.4, -0.2) is 47.4 Å². The van der Waals surface area contributed by atoms with Crippen molar-refractivity contribution in [2.75, 3.05) is 19.6 Å². The van der Waals surface area contributed by atoms with Crippen molar-refractivity contribution in [2.24, 2.45) is 0 Å². The smallest absolute Gasteiger partial charge is 0.257 e. The number of aryl methyl sites for hydroxylation is 1. The van der Waals surface area contributed by atoms with Gasteiger partial charge >= 0.3 is 0 Å². The van der Waals surface area contributed by atoms with Gasteiger partial charge in [-0.3, -0.25) is 9.69 Å². The molecule has 2 fully saturated rings. The van der Waals surface area contributed by atoms with Gasteiger partial charge in [0.25, 0.3) is 5.91 Å². The molecule has 0 aliphatic carbocycles. The van der Waals surface area contributed by atoms with E-state index in [4.69, 9.17) is 4.42 Å². The quantitative estimate of drug-likeness (QED) is 0.851. The normalized spacial score (nSPS) is 27.4. The summed E-state index contributed by atoms with van der Waals surface area (Å²) in [6.07, 6.45) is 6.38. The molecule has 1 amide bonds. The van der Waals surface area contributed by atoms with E-state index in [0.717, 1.165) is 37.3 Å². The second kappa shape index (κ2) is 5.60. The zero-order valence-corrected chi connectivity index (χ0v) is 12.5. The molecule has 3 rings (SSSR count). The van der Waals surface area contributed by atoms with E-state index in [0.29, 0.717) is 12.1 Å². The molecule has 0 saturated carbocycles. The lowest BCUT2D eigenvalue weighted by atomic mass is 10.0. The topological polar surface area (TPSA) is 36.7 Å². The summed E-state index contributed by atoms with van der Waals surface area (Å²) in [5.74, 6) is 0.890. The molecule has 4 nitrogen and oxygen atoms in total. The predicted octanol–water partition coefficient (Wildman–Crippen LogP) is 2.68. The van der Waals surface area contributed by atoms with Crippen molar-refractivity contribution in [3.05, 3.63) is 23.7 Å². The molecule has 2 aliphatic rings. The standard InChI is InChI=1S/C16H24N2O2/c1-3-17-9-4-6-14(17)15-7-5-10-18(15)16(19)13-8-11-20-12(13)2/h8,11,14-15H,3-7,9-10H2,1-2H3/t14-,15+/m0/s1. The molecule has 2 saturated heterocycles. The molecule has 0 spiro atoms. The van der Waals surface area contributed by atoms with E-state index in [1.807, 2.05) is 6.92 Å². The summed E-state index contributed by atoms with van der Waals surface area (Å²) in [5.41, 5.74) is 0.734. The molecule has 3 heterocycles. The average Bonchev–Trinajstić information content (AvgIpc) is 3.17. The van der Waals surface area contributed by atoms with Crippen molar-refractivity contribution in [1.82, 2.24) is 9.80 Å². The van der Waals surface area contributed by atoms with E-state index in [9.17, 15) is 4.79 Å². The first-order valence-electron chi connectivity index (χ1n) is 7.81. The van der Waals surface area contributed by atoms with Crippen molar-refractivity contribution in [3.8, 4) is 0 Å². The molecule has 1 aromatic rings. The SMILES string of the molecule is CCN1CCC[C@H]1[C@H]1CCCN1C(=O)c1ccoc1C. The zero-order valence-electron chi connectivity index (χ0n) is 12.5. The number of rotatable bonds is 3. The molecule has 20 heavy (non-hydrogen) atoms. The lowest BCUT2D eigenvalue weighted by Crippen LogP contribution is -2.48. The van der Waals surface area contributed by atoms with E-state index in [1.165, 1.54) is 19.4 Å². The summed E-state index contributed by atoms with van der Waals surface area (Å²) in [6, 6.07) is 2.75. The maximum Gasteiger partial charge on any atom is 0.257 e. The van der Waals surface area contributed by atoms with Crippen LogP contribution in [0.15, 0.2) is 16.7 Å². The molecule has 4 heteroatoms. The van der Waals surface area contributed by atoms with Crippen molar-refractivity contribution >= 4 is 5.91 Å². The Morgan fingerprint density at radius 1 is 1.30 bits per heavy atom. The van der Waals surface area contributed by atoms with E-state index >= 15 is 0 Å². The van der Waals surface area contributed by atoms with Crippen molar-refractivity contribution in [3.63, 3.8) is 0 Å². The van der Waals surface area contributed by atoms with Gasteiger partial charge in [0.05, 0.1) is 11.8 Å². The minimum absolute atomic E-state index is 0.154. The van der Waals surface area contributed by atoms with Gasteiger partial charge in [-0.25, -0.2) is 0 Å². The van der Waals surface area contributed by atoms with E-state index in [2.05, 4.69) is 16.7 Å². The maximum absolute atomic E-state index is 12.7. The van der Waals surface area contributed by atoms with Crippen LogP contribution in [0.4, 0.5) is 0 Å². The van der Waals surface area contributed by atoms with Crippen LogP contribution in [0.5, 0.6) is 0 Å². The summed E-state index contributed by atoms with van der Waals surface area (Å²) in [7, 11) is 0. The van der Waals surface area contributed by atoms with Gasteiger partial charge in [-0.1, -0.05) is 6.92 Å². The molecule has 110 valence electrons. The summed E-state index contributed by atoms with van der Waals surface area (Å²) >= 11 is 0. The molecule has 1 aromatic heterocycles. The van der Waals surface area contributed by atoms with Crippen LogP contribution >= 0.6 is 0 Å². The number of nitrogens with zero attached hydrogens (tertiary/aromatic N) is 2. The molecule has 2 atom stereocenters. The largest absolute Gasteiger partial charge is 0.469 e. The van der Waals surface area contributed by atoms with Crippen LogP contribution in [0.25, 0.3) is 0 Å². The minimum Gasteiger partial charge on any atom is -0.469 e. The second-order valence-electron chi connectivity index (χ2n) is 5.94. The highest BCUT2D eigenvalue weighted by Crippen LogP contribution is 2.31. The van der Waals surface area contributed by atoms with Crippen LogP contribution in [0, 0.1) is 6.92 Å². The lowest BCUT2D eigenvalue weighted by molar-refractivity contribution is 0.0648. The molecular weight excluding hydrogens is 252 g/mol. The van der Waals surface area contributed by atoms with Gasteiger partial charge in [0.2, 0.25) is 0 Å². The predicted molar refractivity (Wildman–Crippen MR) is 77.8 cm³/mol.